The van der Waals surface area contributed by atoms with Crippen molar-refractivity contribution in [1.82, 2.24) is 9.47 Å². The smallest absolute Gasteiger partial charge is 0.341 e. The van der Waals surface area contributed by atoms with E-state index < -0.39 is 23.5 Å². The van der Waals surface area contributed by atoms with Crippen LogP contribution in [0.3, 0.4) is 0 Å². The molecule has 26 heavy (non-hydrogen) atoms. The predicted octanol–water partition coefficient (Wildman–Crippen LogP) is 1.75. The number of carboxylic acids is 1. The normalized spacial score (nSPS) is 28.7. The molecule has 6 nitrogen and oxygen atoms in total. The standard InChI is InChI=1S/C19H24FN3O3/c1-10-16-15(6-11(17(10)20)7-22-5-4-12(21)8-22)23(13-2-3-13)9-14(18(16)24)19(25)26/h6,9-10,12-13,17H,2-5,7-8,21H2,1H3,(H,25,26)/t10?,12-,17?/m1/s1. The van der Waals surface area contributed by atoms with Gasteiger partial charge in [0.15, 0.2) is 5.43 Å². The number of carboxylic acid groups (broad SMARTS) is 1. The average Bonchev–Trinajstić information content (AvgIpc) is 3.34. The number of fused-ring (bicyclic) bond motifs is 1. The number of aromatic carboxylic acids is 1. The van der Waals surface area contributed by atoms with Gasteiger partial charge in [0.2, 0.25) is 0 Å². The maximum absolute atomic E-state index is 15.1. The maximum Gasteiger partial charge on any atom is 0.341 e. The van der Waals surface area contributed by atoms with Crippen LogP contribution in [0.2, 0.25) is 0 Å². The molecule has 1 aromatic rings. The molecule has 1 aromatic heterocycles. The second kappa shape index (κ2) is 6.32. The van der Waals surface area contributed by atoms with Crippen LogP contribution in [-0.2, 0) is 0 Å². The molecule has 1 saturated heterocycles. The first-order valence-electron chi connectivity index (χ1n) is 9.21. The third kappa shape index (κ3) is 2.89. The summed E-state index contributed by atoms with van der Waals surface area (Å²) in [4.78, 5) is 26.3. The highest BCUT2D eigenvalue weighted by molar-refractivity contribution is 5.88. The summed E-state index contributed by atoms with van der Waals surface area (Å²) in [7, 11) is 0. The van der Waals surface area contributed by atoms with Crippen molar-refractivity contribution in [2.24, 2.45) is 5.73 Å². The Kier molecular flexibility index (Phi) is 4.23. The lowest BCUT2D eigenvalue weighted by Gasteiger charge is -2.30. The summed E-state index contributed by atoms with van der Waals surface area (Å²) in [6.45, 7) is 3.77. The van der Waals surface area contributed by atoms with Gasteiger partial charge in [-0.3, -0.25) is 9.69 Å². The lowest BCUT2D eigenvalue weighted by atomic mass is 9.83. The summed E-state index contributed by atoms with van der Waals surface area (Å²) in [5, 5.41) is 9.37. The Hall–Kier alpha value is -1.99. The fourth-order valence-corrected chi connectivity index (χ4v) is 4.19. The Morgan fingerprint density at radius 1 is 1.38 bits per heavy atom. The topological polar surface area (TPSA) is 88.6 Å². The summed E-state index contributed by atoms with van der Waals surface area (Å²) < 4.78 is 17.0. The fraction of sp³-hybridized carbons (Fsp3) is 0.579. The lowest BCUT2D eigenvalue weighted by Crippen LogP contribution is -2.35. The van der Waals surface area contributed by atoms with E-state index in [1.165, 1.54) is 6.20 Å². The number of hydrogen-bond acceptors (Lipinski definition) is 4. The van der Waals surface area contributed by atoms with Crippen LogP contribution < -0.4 is 11.2 Å². The Morgan fingerprint density at radius 3 is 2.69 bits per heavy atom. The number of halogens is 1. The van der Waals surface area contributed by atoms with Gasteiger partial charge in [-0.2, -0.15) is 0 Å². The number of pyridine rings is 1. The molecule has 2 fully saturated rings. The van der Waals surface area contributed by atoms with E-state index in [2.05, 4.69) is 4.90 Å². The van der Waals surface area contributed by atoms with Gasteiger partial charge in [0.1, 0.15) is 11.7 Å². The van der Waals surface area contributed by atoms with Crippen LogP contribution in [-0.4, -0.2) is 52.4 Å². The van der Waals surface area contributed by atoms with Crippen LogP contribution in [0.5, 0.6) is 0 Å². The molecule has 140 valence electrons. The number of hydrogen-bond donors (Lipinski definition) is 2. The molecule has 3 N–H and O–H groups in total. The summed E-state index contributed by atoms with van der Waals surface area (Å²) in [5.41, 5.74) is 6.76. The molecule has 3 aliphatic rings. The third-order valence-electron chi connectivity index (χ3n) is 5.77. The number of rotatable bonds is 4. The lowest BCUT2D eigenvalue weighted by molar-refractivity contribution is 0.0694. The van der Waals surface area contributed by atoms with E-state index in [1.807, 2.05) is 4.57 Å². The number of nitrogens with zero attached hydrogens (tertiary/aromatic N) is 2. The number of nitrogens with two attached hydrogens (primary N) is 1. The number of carbonyl (C=O) groups is 1. The first-order valence-corrected chi connectivity index (χ1v) is 9.21. The second-order valence-electron chi connectivity index (χ2n) is 7.81. The Balaban J connectivity index is 1.80. The molecule has 0 amide bonds. The first kappa shape index (κ1) is 17.4. The van der Waals surface area contributed by atoms with Gasteiger partial charge >= 0.3 is 5.97 Å². The molecule has 1 aliphatic heterocycles. The monoisotopic (exact) mass is 361 g/mol. The highest BCUT2D eigenvalue weighted by atomic mass is 19.1. The van der Waals surface area contributed by atoms with Crippen molar-refractivity contribution in [1.29, 1.82) is 0 Å². The largest absolute Gasteiger partial charge is 0.477 e. The van der Waals surface area contributed by atoms with Gasteiger partial charge in [-0.25, -0.2) is 9.18 Å². The predicted molar refractivity (Wildman–Crippen MR) is 96.3 cm³/mol. The van der Waals surface area contributed by atoms with Gasteiger partial charge in [-0.1, -0.05) is 6.92 Å². The van der Waals surface area contributed by atoms with Gasteiger partial charge in [-0.05, 0) is 30.9 Å². The van der Waals surface area contributed by atoms with Gasteiger partial charge in [-0.15, -0.1) is 0 Å². The van der Waals surface area contributed by atoms with Crippen molar-refractivity contribution in [2.75, 3.05) is 19.6 Å². The molecule has 1 saturated carbocycles. The zero-order chi connectivity index (χ0) is 18.6. The molecular weight excluding hydrogens is 337 g/mol. The van der Waals surface area contributed by atoms with Crippen LogP contribution in [0.15, 0.2) is 16.6 Å². The molecule has 4 rings (SSSR count). The molecular formula is C19H24FN3O3. The minimum atomic E-state index is -1.29. The Morgan fingerprint density at radius 2 is 2.12 bits per heavy atom. The third-order valence-corrected chi connectivity index (χ3v) is 5.77. The average molecular weight is 361 g/mol. The number of aromatic nitrogens is 1. The minimum Gasteiger partial charge on any atom is -0.477 e. The molecule has 2 heterocycles. The summed E-state index contributed by atoms with van der Waals surface area (Å²) in [6, 6.07) is 0.327. The SMILES string of the molecule is CC1c2c(n(C3CC3)cc(C(=O)O)c2=O)C=C(CN2CC[C@@H](N)C2)C1F. The zero-order valence-electron chi connectivity index (χ0n) is 14.8. The van der Waals surface area contributed by atoms with Crippen LogP contribution in [0.4, 0.5) is 4.39 Å². The molecule has 3 atom stereocenters. The number of alkyl halides is 1. The van der Waals surface area contributed by atoms with Crippen LogP contribution in [0.1, 0.15) is 59.8 Å². The molecule has 2 unspecified atom stereocenters. The van der Waals surface area contributed by atoms with E-state index in [1.54, 1.807) is 13.0 Å². The Labute approximate surface area is 151 Å². The molecule has 2 aliphatic carbocycles. The summed E-state index contributed by atoms with van der Waals surface area (Å²) >= 11 is 0. The second-order valence-corrected chi connectivity index (χ2v) is 7.81. The molecule has 7 heteroatoms. The van der Waals surface area contributed by atoms with Crippen molar-refractivity contribution in [3.63, 3.8) is 0 Å². The van der Waals surface area contributed by atoms with Gasteiger partial charge in [0, 0.05) is 55.1 Å². The highest BCUT2D eigenvalue weighted by Gasteiger charge is 2.37. The van der Waals surface area contributed by atoms with Crippen molar-refractivity contribution in [3.05, 3.63) is 38.8 Å². The molecule has 0 aromatic carbocycles. The summed E-state index contributed by atoms with van der Waals surface area (Å²) in [5.74, 6) is -1.91. The van der Waals surface area contributed by atoms with E-state index >= 15 is 4.39 Å². The summed E-state index contributed by atoms with van der Waals surface area (Å²) in [6.07, 6.45) is 4.73. The molecule has 0 radical (unpaired) electrons. The van der Waals surface area contributed by atoms with E-state index in [9.17, 15) is 14.7 Å². The number of likely N-dealkylation sites (tertiary alicyclic amines) is 1. The first-order chi connectivity index (χ1) is 12.4. The van der Waals surface area contributed by atoms with Crippen molar-refractivity contribution >= 4 is 12.0 Å². The van der Waals surface area contributed by atoms with Gasteiger partial charge in [0.25, 0.3) is 0 Å². The van der Waals surface area contributed by atoms with Crippen molar-refractivity contribution in [3.8, 4) is 0 Å². The van der Waals surface area contributed by atoms with Gasteiger partial charge in [0.05, 0.1) is 0 Å². The van der Waals surface area contributed by atoms with Crippen LogP contribution >= 0.6 is 0 Å². The quantitative estimate of drug-likeness (QED) is 0.853. The zero-order valence-corrected chi connectivity index (χ0v) is 14.8. The fourth-order valence-electron chi connectivity index (χ4n) is 4.19. The van der Waals surface area contributed by atoms with Crippen molar-refractivity contribution in [2.45, 2.75) is 50.4 Å². The van der Waals surface area contributed by atoms with E-state index in [0.717, 1.165) is 32.4 Å². The van der Waals surface area contributed by atoms with E-state index in [4.69, 9.17) is 5.73 Å². The Bertz CT molecular complexity index is 843. The van der Waals surface area contributed by atoms with Crippen LogP contribution in [0, 0.1) is 0 Å². The van der Waals surface area contributed by atoms with Gasteiger partial charge < -0.3 is 15.4 Å². The minimum absolute atomic E-state index is 0.129. The molecule has 0 bridgehead atoms. The van der Waals surface area contributed by atoms with Crippen molar-refractivity contribution < 1.29 is 14.3 Å². The molecule has 0 spiro atoms. The van der Waals surface area contributed by atoms with E-state index in [-0.39, 0.29) is 17.6 Å². The van der Waals surface area contributed by atoms with Crippen LogP contribution in [0.25, 0.3) is 6.08 Å². The van der Waals surface area contributed by atoms with E-state index in [0.29, 0.717) is 23.4 Å². The maximum atomic E-state index is 15.1. The highest BCUT2D eigenvalue weighted by Crippen LogP contribution is 2.41.